The van der Waals surface area contributed by atoms with Crippen LogP contribution in [0.5, 0.6) is 0 Å². The fourth-order valence-corrected chi connectivity index (χ4v) is 5.04. The molecule has 31 heavy (non-hydrogen) atoms. The van der Waals surface area contributed by atoms with Gasteiger partial charge in [-0.25, -0.2) is 0 Å². The maximum absolute atomic E-state index is 12.7. The predicted molar refractivity (Wildman–Crippen MR) is 115 cm³/mol. The third-order valence-electron chi connectivity index (χ3n) is 6.76. The van der Waals surface area contributed by atoms with E-state index in [1.54, 1.807) is 12.1 Å². The van der Waals surface area contributed by atoms with E-state index in [0.717, 1.165) is 23.1 Å². The number of rotatable bonds is 9. The van der Waals surface area contributed by atoms with Crippen LogP contribution >= 0.6 is 0 Å². The van der Waals surface area contributed by atoms with Crippen LogP contribution in [0.25, 0.3) is 6.08 Å². The number of hydrogen-bond donors (Lipinski definition) is 3. The topological polar surface area (TPSA) is 111 Å². The molecule has 3 rings (SSSR count). The normalized spacial score (nSPS) is 25.4. The molecule has 0 unspecified atom stereocenters. The maximum atomic E-state index is 12.7. The number of aliphatic hydroxyl groups is 3. The Hall–Kier alpha value is -2.22. The highest BCUT2D eigenvalue weighted by atomic mass is 16.4. The number of amides is 2. The third kappa shape index (κ3) is 4.54. The number of hydrogen-bond acceptors (Lipinski definition) is 6. The molecular weight excluding hydrogens is 398 g/mol. The van der Waals surface area contributed by atoms with E-state index >= 15 is 0 Å². The highest BCUT2D eigenvalue weighted by Gasteiger charge is 2.53. The molecule has 2 aliphatic rings. The average molecular weight is 432 g/mol. The van der Waals surface area contributed by atoms with Crippen molar-refractivity contribution in [2.75, 3.05) is 13.7 Å². The van der Waals surface area contributed by atoms with Gasteiger partial charge in [-0.3, -0.25) is 14.5 Å². The van der Waals surface area contributed by atoms with E-state index in [9.17, 15) is 19.8 Å². The maximum Gasteiger partial charge on any atom is 0.233 e. The molecule has 2 heterocycles. The zero-order valence-corrected chi connectivity index (χ0v) is 18.5. The lowest BCUT2D eigenvalue weighted by molar-refractivity contribution is -0.138. The lowest BCUT2D eigenvalue weighted by Crippen LogP contribution is -2.38. The van der Waals surface area contributed by atoms with Crippen molar-refractivity contribution in [3.63, 3.8) is 0 Å². The highest BCUT2D eigenvalue weighted by Crippen LogP contribution is 2.46. The van der Waals surface area contributed by atoms with Gasteiger partial charge in [0.25, 0.3) is 0 Å². The van der Waals surface area contributed by atoms with Gasteiger partial charge in [0.15, 0.2) is 0 Å². The molecule has 1 aromatic rings. The molecule has 4 atom stereocenters. The Labute approximate surface area is 183 Å². The number of furan rings is 1. The molecule has 0 radical (unpaired) electrons. The first-order valence-corrected chi connectivity index (χ1v) is 11.1. The summed E-state index contributed by atoms with van der Waals surface area (Å²) in [5.74, 6) is -0.852. The number of likely N-dealkylation sites (tertiary alicyclic amines) is 1. The molecule has 0 aromatic carbocycles. The van der Waals surface area contributed by atoms with Gasteiger partial charge >= 0.3 is 0 Å². The fourth-order valence-electron chi connectivity index (χ4n) is 5.04. The molecule has 7 heteroatoms. The van der Waals surface area contributed by atoms with Gasteiger partial charge in [-0.1, -0.05) is 25.0 Å². The van der Waals surface area contributed by atoms with Gasteiger partial charge in [-0.2, -0.15) is 0 Å². The van der Waals surface area contributed by atoms with Crippen LogP contribution in [0.3, 0.4) is 0 Å². The molecule has 2 amide bonds. The monoisotopic (exact) mass is 431 g/mol. The van der Waals surface area contributed by atoms with Crippen LogP contribution in [0.2, 0.25) is 0 Å². The summed E-state index contributed by atoms with van der Waals surface area (Å²) in [6, 6.07) is 3.53. The van der Waals surface area contributed by atoms with Crippen molar-refractivity contribution in [3.8, 4) is 0 Å². The summed E-state index contributed by atoms with van der Waals surface area (Å²) >= 11 is 0. The minimum absolute atomic E-state index is 0.150. The van der Waals surface area contributed by atoms with E-state index in [-0.39, 0.29) is 25.0 Å². The van der Waals surface area contributed by atoms with Crippen molar-refractivity contribution >= 4 is 17.9 Å². The van der Waals surface area contributed by atoms with E-state index in [1.165, 1.54) is 11.9 Å². The Morgan fingerprint density at radius 1 is 1.26 bits per heavy atom. The Kier molecular flexibility index (Phi) is 7.51. The minimum atomic E-state index is -0.790. The molecule has 0 spiro atoms. The van der Waals surface area contributed by atoms with Gasteiger partial charge in [0.1, 0.15) is 18.1 Å². The van der Waals surface area contributed by atoms with Crippen molar-refractivity contribution in [1.29, 1.82) is 0 Å². The van der Waals surface area contributed by atoms with E-state index in [0.29, 0.717) is 37.2 Å². The Bertz CT molecular complexity index is 882. The van der Waals surface area contributed by atoms with Crippen LogP contribution in [-0.4, -0.2) is 51.8 Å². The van der Waals surface area contributed by atoms with Crippen molar-refractivity contribution < 1.29 is 29.3 Å². The summed E-state index contributed by atoms with van der Waals surface area (Å²) in [6.07, 6.45) is 4.14. The summed E-state index contributed by atoms with van der Waals surface area (Å²) < 4.78 is 5.53. The smallest absolute Gasteiger partial charge is 0.233 e. The van der Waals surface area contributed by atoms with Crippen LogP contribution < -0.4 is 0 Å². The summed E-state index contributed by atoms with van der Waals surface area (Å²) in [5, 5.41) is 30.4. The van der Waals surface area contributed by atoms with Crippen molar-refractivity contribution in [3.05, 3.63) is 40.4 Å². The van der Waals surface area contributed by atoms with E-state index < -0.39 is 23.9 Å². The van der Waals surface area contributed by atoms with Gasteiger partial charge in [0.05, 0.1) is 24.5 Å². The van der Waals surface area contributed by atoms with Gasteiger partial charge in [-0.15, -0.1) is 0 Å². The second-order valence-electron chi connectivity index (χ2n) is 8.45. The zero-order chi connectivity index (χ0) is 22.7. The Morgan fingerprint density at radius 2 is 2.00 bits per heavy atom. The molecule has 3 N–H and O–H groups in total. The number of nitrogens with zero attached hydrogens (tertiary/aromatic N) is 1. The Morgan fingerprint density at radius 3 is 2.58 bits per heavy atom. The average Bonchev–Trinajstić information content (AvgIpc) is 3.33. The number of allylic oxidation sites excluding steroid dienone is 2. The predicted octanol–water partition coefficient (Wildman–Crippen LogP) is 2.66. The Balaban J connectivity index is 1.80. The van der Waals surface area contributed by atoms with E-state index in [4.69, 9.17) is 9.52 Å². The molecule has 1 saturated heterocycles. The second kappa shape index (κ2) is 9.94. The second-order valence-corrected chi connectivity index (χ2v) is 8.45. The van der Waals surface area contributed by atoms with Gasteiger partial charge < -0.3 is 19.7 Å². The van der Waals surface area contributed by atoms with Crippen LogP contribution in [-0.2, 0) is 16.2 Å². The van der Waals surface area contributed by atoms with Gasteiger partial charge in [0, 0.05) is 13.0 Å². The molecule has 0 saturated carbocycles. The third-order valence-corrected chi connectivity index (χ3v) is 6.76. The number of carbonyl (C=O) groups is 2. The quantitative estimate of drug-likeness (QED) is 0.409. The fraction of sp³-hybridized carbons (Fsp3) is 0.583. The molecule has 1 aliphatic heterocycles. The standard InChI is InChI=1S/C24H33NO6/c1-4-14(10-16-7-8-17(12-26)31-16)6-9-20(28)21-15(5-2)11-18-22(19(21)13-27)24(30)25(3)23(18)29/h7-8,10,18-20,22,26-28H,4-6,9,11-13H2,1-3H3/b14-10+/t18-,19+,20-,22-/m1/s1. The first-order chi connectivity index (χ1) is 14.9. The summed E-state index contributed by atoms with van der Waals surface area (Å²) in [7, 11) is 1.49. The van der Waals surface area contributed by atoms with Crippen LogP contribution in [0.15, 0.2) is 33.3 Å². The number of fused-ring (bicyclic) bond motifs is 1. The molecule has 170 valence electrons. The molecule has 1 fully saturated rings. The van der Waals surface area contributed by atoms with Crippen molar-refractivity contribution in [1.82, 2.24) is 4.90 Å². The molecule has 1 aromatic heterocycles. The minimum Gasteiger partial charge on any atom is -0.459 e. The lowest BCUT2D eigenvalue weighted by Gasteiger charge is -2.36. The van der Waals surface area contributed by atoms with E-state index in [2.05, 4.69) is 0 Å². The number of aliphatic hydroxyl groups excluding tert-OH is 3. The van der Waals surface area contributed by atoms with Crippen LogP contribution in [0, 0.1) is 17.8 Å². The summed E-state index contributed by atoms with van der Waals surface area (Å²) in [6.45, 7) is 3.60. The molecule has 7 nitrogen and oxygen atoms in total. The first-order valence-electron chi connectivity index (χ1n) is 11.1. The summed E-state index contributed by atoms with van der Waals surface area (Å²) in [5.41, 5.74) is 2.81. The van der Waals surface area contributed by atoms with Crippen LogP contribution in [0.4, 0.5) is 0 Å². The van der Waals surface area contributed by atoms with E-state index in [1.807, 2.05) is 19.9 Å². The molecule has 1 aliphatic carbocycles. The lowest BCUT2D eigenvalue weighted by atomic mass is 9.67. The molecular formula is C24H33NO6. The van der Waals surface area contributed by atoms with Gasteiger partial charge in [-0.05, 0) is 55.9 Å². The summed E-state index contributed by atoms with van der Waals surface area (Å²) in [4.78, 5) is 26.4. The largest absolute Gasteiger partial charge is 0.459 e. The first kappa shape index (κ1) is 23.4. The zero-order valence-electron chi connectivity index (χ0n) is 18.5. The number of imide groups is 1. The van der Waals surface area contributed by atoms with Crippen LogP contribution in [0.1, 0.15) is 57.5 Å². The number of carbonyl (C=O) groups excluding carboxylic acids is 2. The van der Waals surface area contributed by atoms with Crippen molar-refractivity contribution in [2.24, 2.45) is 17.8 Å². The van der Waals surface area contributed by atoms with Gasteiger partial charge in [0.2, 0.25) is 11.8 Å². The SMILES string of the molecule is CCC1=C([C@H](O)CC/C(=C/c2ccc(CO)o2)CC)[C@H](CO)[C@@H]2C(=O)N(C)C(=O)[C@@H]2C1. The highest BCUT2D eigenvalue weighted by molar-refractivity contribution is 6.05. The van der Waals surface area contributed by atoms with Crippen molar-refractivity contribution in [2.45, 2.75) is 58.7 Å². The molecule has 0 bridgehead atoms.